The molecule has 0 aliphatic rings. The summed E-state index contributed by atoms with van der Waals surface area (Å²) in [6.45, 7) is 0. The molecule has 0 N–H and O–H groups in total. The lowest BCUT2D eigenvalue weighted by molar-refractivity contribution is 1.49. The molecule has 0 aliphatic heterocycles. The summed E-state index contributed by atoms with van der Waals surface area (Å²) in [6, 6.07) is 10.2. The lowest BCUT2D eigenvalue weighted by Crippen LogP contribution is -1.84. The molecule has 0 nitrogen and oxygen atoms in total. The van der Waals surface area contributed by atoms with Gasteiger partial charge in [0, 0.05) is 22.4 Å². The van der Waals surface area contributed by atoms with E-state index in [1.54, 1.807) is 0 Å². The predicted octanol–water partition coefficient (Wildman–Crippen LogP) is 7.17. The van der Waals surface area contributed by atoms with Gasteiger partial charge in [0.05, 0.1) is 0 Å². The zero-order valence-corrected chi connectivity index (χ0v) is 16.2. The van der Waals surface area contributed by atoms with Gasteiger partial charge in [-0.1, -0.05) is 28.1 Å². The minimum absolute atomic E-state index is 1.02. The van der Waals surface area contributed by atoms with Crippen LogP contribution in [0.25, 0.3) is 11.1 Å². The predicted molar refractivity (Wildman–Crippen MR) is 90.4 cm³/mol. The van der Waals surface area contributed by atoms with Crippen molar-refractivity contribution < 1.29 is 0 Å². The molecular formula is C12H5Br5. The van der Waals surface area contributed by atoms with Crippen molar-refractivity contribution in [3.05, 3.63) is 52.7 Å². The molecule has 0 unspecified atom stereocenters. The number of halogens is 5. The highest BCUT2D eigenvalue weighted by Crippen LogP contribution is 2.41. The van der Waals surface area contributed by atoms with Crippen LogP contribution in [0.1, 0.15) is 0 Å². The molecule has 0 saturated carbocycles. The SMILES string of the molecule is Brc1cc(Br)c(Br)c(-c2cccc(Br)c2Br)c1. The molecule has 0 heterocycles. The van der Waals surface area contributed by atoms with Crippen LogP contribution in [-0.4, -0.2) is 0 Å². The first kappa shape index (κ1) is 14.3. The van der Waals surface area contributed by atoms with Crippen LogP contribution in [0.15, 0.2) is 52.7 Å². The van der Waals surface area contributed by atoms with Gasteiger partial charge in [0.25, 0.3) is 0 Å². The molecular weight excluding hydrogens is 544 g/mol. The van der Waals surface area contributed by atoms with Gasteiger partial charge in [-0.2, -0.15) is 0 Å². The van der Waals surface area contributed by atoms with E-state index in [9.17, 15) is 0 Å². The molecule has 0 amide bonds. The monoisotopic (exact) mass is 544 g/mol. The van der Waals surface area contributed by atoms with E-state index in [0.29, 0.717) is 0 Å². The zero-order chi connectivity index (χ0) is 12.6. The summed E-state index contributed by atoms with van der Waals surface area (Å²) in [5.74, 6) is 0. The van der Waals surface area contributed by atoms with E-state index in [0.717, 1.165) is 33.5 Å². The lowest BCUT2D eigenvalue weighted by atomic mass is 10.1. The van der Waals surface area contributed by atoms with Gasteiger partial charge in [-0.15, -0.1) is 0 Å². The van der Waals surface area contributed by atoms with Crippen molar-refractivity contribution >= 4 is 79.6 Å². The summed E-state index contributed by atoms with van der Waals surface area (Å²) in [7, 11) is 0. The Labute approximate surface area is 142 Å². The van der Waals surface area contributed by atoms with E-state index in [2.05, 4.69) is 91.8 Å². The Hall–Kier alpha value is 0.840. The fourth-order valence-electron chi connectivity index (χ4n) is 1.46. The molecule has 2 aromatic rings. The molecule has 0 aliphatic carbocycles. The third-order valence-corrected chi connectivity index (χ3v) is 6.75. The van der Waals surface area contributed by atoms with Crippen LogP contribution in [-0.2, 0) is 0 Å². The fraction of sp³-hybridized carbons (Fsp3) is 0. The van der Waals surface area contributed by atoms with Gasteiger partial charge in [0.1, 0.15) is 0 Å². The Bertz CT molecular complexity index is 577. The summed E-state index contributed by atoms with van der Waals surface area (Å²) in [5, 5.41) is 0. The molecule has 0 saturated heterocycles. The molecule has 2 aromatic carbocycles. The van der Waals surface area contributed by atoms with E-state index in [-0.39, 0.29) is 0 Å². The van der Waals surface area contributed by atoms with E-state index in [4.69, 9.17) is 0 Å². The Morgan fingerprint density at radius 2 is 1.29 bits per heavy atom. The molecule has 0 fully saturated rings. The van der Waals surface area contributed by atoms with Crippen molar-refractivity contribution in [2.24, 2.45) is 0 Å². The second kappa shape index (κ2) is 5.87. The van der Waals surface area contributed by atoms with Crippen LogP contribution in [0.2, 0.25) is 0 Å². The van der Waals surface area contributed by atoms with E-state index >= 15 is 0 Å². The lowest BCUT2D eigenvalue weighted by Gasteiger charge is -2.10. The van der Waals surface area contributed by atoms with Crippen molar-refractivity contribution in [1.29, 1.82) is 0 Å². The highest BCUT2D eigenvalue weighted by Gasteiger charge is 2.12. The Kier molecular flexibility index (Phi) is 4.92. The smallest absolute Gasteiger partial charge is 0.0397 e. The van der Waals surface area contributed by atoms with Gasteiger partial charge >= 0.3 is 0 Å². The molecule has 5 heteroatoms. The maximum atomic E-state index is 3.61. The summed E-state index contributed by atoms with van der Waals surface area (Å²) in [4.78, 5) is 0. The maximum Gasteiger partial charge on any atom is 0.0397 e. The first-order chi connectivity index (χ1) is 8.00. The van der Waals surface area contributed by atoms with Crippen LogP contribution in [0.5, 0.6) is 0 Å². The summed E-state index contributed by atoms with van der Waals surface area (Å²) >= 11 is 17.8. The maximum absolute atomic E-state index is 3.61. The molecule has 88 valence electrons. The van der Waals surface area contributed by atoms with Crippen molar-refractivity contribution in [2.45, 2.75) is 0 Å². The molecule has 0 radical (unpaired) electrons. The van der Waals surface area contributed by atoms with E-state index < -0.39 is 0 Å². The largest absolute Gasteiger partial charge is 0.0604 e. The van der Waals surface area contributed by atoms with Gasteiger partial charge in [-0.25, -0.2) is 0 Å². The molecule has 0 atom stereocenters. The van der Waals surface area contributed by atoms with Gasteiger partial charge < -0.3 is 0 Å². The van der Waals surface area contributed by atoms with Gasteiger partial charge in [0.2, 0.25) is 0 Å². The average Bonchev–Trinajstić information content (AvgIpc) is 2.27. The highest BCUT2D eigenvalue weighted by atomic mass is 79.9. The fourth-order valence-corrected chi connectivity index (χ4v) is 3.98. The Balaban J connectivity index is 2.73. The standard InChI is InChI=1S/C12H5Br5/c13-6-4-8(12(17)10(15)5-6)7-2-1-3-9(14)11(7)16/h1-5H. The topological polar surface area (TPSA) is 0 Å². The van der Waals surface area contributed by atoms with Crippen molar-refractivity contribution in [2.75, 3.05) is 0 Å². The van der Waals surface area contributed by atoms with Gasteiger partial charge in [-0.3, -0.25) is 0 Å². The molecule has 0 spiro atoms. The molecule has 17 heavy (non-hydrogen) atoms. The minimum atomic E-state index is 1.02. The van der Waals surface area contributed by atoms with E-state index in [1.807, 2.05) is 18.2 Å². The highest BCUT2D eigenvalue weighted by molar-refractivity contribution is 9.13. The van der Waals surface area contributed by atoms with Crippen LogP contribution in [0.3, 0.4) is 0 Å². The normalized spacial score (nSPS) is 10.6. The number of benzene rings is 2. The third-order valence-electron chi connectivity index (χ3n) is 2.23. The molecule has 0 bridgehead atoms. The van der Waals surface area contributed by atoms with Crippen LogP contribution >= 0.6 is 79.6 Å². The zero-order valence-electron chi connectivity index (χ0n) is 8.28. The second-order valence-corrected chi connectivity index (χ2v) is 7.56. The average molecular weight is 549 g/mol. The summed E-state index contributed by atoms with van der Waals surface area (Å²) in [6.07, 6.45) is 0. The number of hydrogen-bond donors (Lipinski definition) is 0. The van der Waals surface area contributed by atoms with Crippen LogP contribution < -0.4 is 0 Å². The quantitative estimate of drug-likeness (QED) is 0.332. The Morgan fingerprint density at radius 1 is 0.647 bits per heavy atom. The van der Waals surface area contributed by atoms with Gasteiger partial charge in [0.15, 0.2) is 0 Å². The first-order valence-corrected chi connectivity index (χ1v) is 8.56. The van der Waals surface area contributed by atoms with Crippen molar-refractivity contribution in [3.63, 3.8) is 0 Å². The summed E-state index contributed by atoms with van der Waals surface area (Å²) < 4.78 is 5.19. The van der Waals surface area contributed by atoms with Crippen LogP contribution in [0.4, 0.5) is 0 Å². The Morgan fingerprint density at radius 3 is 2.00 bits per heavy atom. The number of hydrogen-bond acceptors (Lipinski definition) is 0. The molecule has 2 rings (SSSR count). The second-order valence-electron chi connectivity index (χ2n) is 3.35. The summed E-state index contributed by atoms with van der Waals surface area (Å²) in [5.41, 5.74) is 2.26. The van der Waals surface area contributed by atoms with Gasteiger partial charge in [-0.05, 0) is 93.0 Å². The molecule has 0 aromatic heterocycles. The number of rotatable bonds is 1. The van der Waals surface area contributed by atoms with E-state index in [1.165, 1.54) is 0 Å². The first-order valence-electron chi connectivity index (χ1n) is 4.59. The van der Waals surface area contributed by atoms with Crippen molar-refractivity contribution in [1.82, 2.24) is 0 Å². The third kappa shape index (κ3) is 3.06. The van der Waals surface area contributed by atoms with Crippen molar-refractivity contribution in [3.8, 4) is 11.1 Å². The minimum Gasteiger partial charge on any atom is -0.0604 e. The van der Waals surface area contributed by atoms with Crippen LogP contribution in [0, 0.1) is 0 Å².